The number of amides is 2. The average molecular weight is 432 g/mol. The zero-order chi connectivity index (χ0) is 22.7. The molecular formula is C25H29N5O2. The van der Waals surface area contributed by atoms with Crippen LogP contribution in [0.4, 0.5) is 5.69 Å². The molecule has 0 radical (unpaired) electrons. The predicted molar refractivity (Wildman–Crippen MR) is 124 cm³/mol. The molecule has 1 atom stereocenters. The van der Waals surface area contributed by atoms with Crippen molar-refractivity contribution in [1.29, 1.82) is 0 Å². The first kappa shape index (κ1) is 21.7. The molecular weight excluding hydrogens is 402 g/mol. The van der Waals surface area contributed by atoms with Gasteiger partial charge in [-0.15, -0.1) is 5.10 Å². The summed E-state index contributed by atoms with van der Waals surface area (Å²) in [4.78, 5) is 32.1. The van der Waals surface area contributed by atoms with Crippen molar-refractivity contribution < 1.29 is 9.59 Å². The van der Waals surface area contributed by atoms with E-state index in [1.54, 1.807) is 9.58 Å². The summed E-state index contributed by atoms with van der Waals surface area (Å²) in [5.41, 5.74) is 2.85. The Morgan fingerprint density at radius 3 is 2.53 bits per heavy atom. The van der Waals surface area contributed by atoms with E-state index in [1.165, 1.54) is 0 Å². The van der Waals surface area contributed by atoms with E-state index in [-0.39, 0.29) is 23.6 Å². The number of hydrogen-bond donors (Lipinski definition) is 1. The lowest BCUT2D eigenvalue weighted by Crippen LogP contribution is -2.44. The Hall–Kier alpha value is -3.48. The summed E-state index contributed by atoms with van der Waals surface area (Å²) in [7, 11) is 0. The van der Waals surface area contributed by atoms with E-state index in [0.29, 0.717) is 24.8 Å². The number of likely N-dealkylation sites (tertiary alicyclic amines) is 1. The van der Waals surface area contributed by atoms with E-state index in [4.69, 9.17) is 0 Å². The van der Waals surface area contributed by atoms with E-state index >= 15 is 0 Å². The summed E-state index contributed by atoms with van der Waals surface area (Å²) in [5.74, 6) is 0.611. The number of benzene rings is 2. The molecule has 166 valence electrons. The molecule has 1 aromatic heterocycles. The fourth-order valence-electron chi connectivity index (χ4n) is 4.16. The van der Waals surface area contributed by atoms with Crippen molar-refractivity contribution in [1.82, 2.24) is 19.7 Å². The molecule has 1 saturated heterocycles. The quantitative estimate of drug-likeness (QED) is 0.657. The van der Waals surface area contributed by atoms with Crippen molar-refractivity contribution in [3.63, 3.8) is 0 Å². The van der Waals surface area contributed by atoms with Gasteiger partial charge in [-0.2, -0.15) is 0 Å². The minimum Gasteiger partial charge on any atom is -0.335 e. The van der Waals surface area contributed by atoms with Gasteiger partial charge in [0.05, 0.1) is 11.6 Å². The highest BCUT2D eigenvalue weighted by Gasteiger charge is 2.31. The Morgan fingerprint density at radius 2 is 1.78 bits per heavy atom. The summed E-state index contributed by atoms with van der Waals surface area (Å²) >= 11 is 0. The Morgan fingerprint density at radius 1 is 1.06 bits per heavy atom. The van der Waals surface area contributed by atoms with Crippen LogP contribution in [0.1, 0.15) is 54.6 Å². The normalized spacial score (nSPS) is 16.2. The van der Waals surface area contributed by atoms with Crippen molar-refractivity contribution in [3.05, 3.63) is 71.8 Å². The van der Waals surface area contributed by atoms with Gasteiger partial charge in [0.25, 0.3) is 5.91 Å². The lowest BCUT2D eigenvalue weighted by molar-refractivity contribution is -0.121. The molecule has 0 saturated carbocycles. The third kappa shape index (κ3) is 4.56. The van der Waals surface area contributed by atoms with Gasteiger partial charge in [-0.25, -0.2) is 9.67 Å². The first-order valence-electron chi connectivity index (χ1n) is 11.1. The lowest BCUT2D eigenvalue weighted by atomic mass is 9.97. The van der Waals surface area contributed by atoms with Crippen molar-refractivity contribution in [2.75, 3.05) is 18.4 Å². The van der Waals surface area contributed by atoms with E-state index in [2.05, 4.69) is 35.3 Å². The fourth-order valence-corrected chi connectivity index (χ4v) is 4.16. The van der Waals surface area contributed by atoms with E-state index in [1.807, 2.05) is 55.5 Å². The zero-order valence-corrected chi connectivity index (χ0v) is 18.8. The standard InChI is InChI=1S/C25H29N5O2/c1-17(2)21-13-7-8-14-22(21)30-18(3)26-23(28-30)25(32)29-15-9-10-19(16-29)24(31)27-20-11-5-4-6-12-20/h4-8,11-14,17,19H,9-10,15-16H2,1-3H3,(H,27,31). The molecule has 0 bridgehead atoms. The van der Waals surface area contributed by atoms with Gasteiger partial charge in [-0.05, 0) is 49.4 Å². The van der Waals surface area contributed by atoms with Crippen LogP contribution in [0.2, 0.25) is 0 Å². The van der Waals surface area contributed by atoms with Crippen LogP contribution in [0.15, 0.2) is 54.6 Å². The van der Waals surface area contributed by atoms with Gasteiger partial charge in [0.1, 0.15) is 5.82 Å². The zero-order valence-electron chi connectivity index (χ0n) is 18.8. The number of carbonyl (C=O) groups excluding carboxylic acids is 2. The number of rotatable bonds is 5. The summed E-state index contributed by atoms with van der Waals surface area (Å²) in [5, 5.41) is 7.50. The topological polar surface area (TPSA) is 80.1 Å². The predicted octanol–water partition coefficient (Wildman–Crippen LogP) is 4.19. The van der Waals surface area contributed by atoms with Crippen molar-refractivity contribution in [2.24, 2.45) is 5.92 Å². The van der Waals surface area contributed by atoms with Crippen LogP contribution in [0.25, 0.3) is 5.69 Å². The van der Waals surface area contributed by atoms with Crippen LogP contribution in [0.5, 0.6) is 0 Å². The first-order chi connectivity index (χ1) is 15.4. The Balaban J connectivity index is 1.50. The van der Waals surface area contributed by atoms with E-state index < -0.39 is 0 Å². The average Bonchev–Trinajstić information content (AvgIpc) is 3.20. The van der Waals surface area contributed by atoms with Crippen molar-refractivity contribution >= 4 is 17.5 Å². The third-order valence-electron chi connectivity index (χ3n) is 5.87. The molecule has 2 amide bonds. The van der Waals surface area contributed by atoms with Crippen LogP contribution < -0.4 is 5.32 Å². The second-order valence-corrected chi connectivity index (χ2v) is 8.55. The summed E-state index contributed by atoms with van der Waals surface area (Å²) in [6, 6.07) is 17.4. The summed E-state index contributed by atoms with van der Waals surface area (Å²) in [6.45, 7) is 7.09. The maximum atomic E-state index is 13.2. The minimum absolute atomic E-state index is 0.0609. The fraction of sp³-hybridized carbons (Fsp3) is 0.360. The minimum atomic E-state index is -0.252. The Bertz CT molecular complexity index is 1110. The molecule has 7 nitrogen and oxygen atoms in total. The number of carbonyl (C=O) groups is 2. The third-order valence-corrected chi connectivity index (χ3v) is 5.87. The van der Waals surface area contributed by atoms with E-state index in [0.717, 1.165) is 29.8 Å². The van der Waals surface area contributed by atoms with E-state index in [9.17, 15) is 9.59 Å². The second-order valence-electron chi connectivity index (χ2n) is 8.55. The van der Waals surface area contributed by atoms with Gasteiger partial charge in [-0.1, -0.05) is 50.2 Å². The molecule has 4 rings (SSSR count). The Labute approximate surface area is 188 Å². The molecule has 2 heterocycles. The number of para-hydroxylation sites is 2. The maximum Gasteiger partial charge on any atom is 0.293 e. The number of piperidine rings is 1. The highest BCUT2D eigenvalue weighted by atomic mass is 16.2. The number of aromatic nitrogens is 3. The van der Waals surface area contributed by atoms with Gasteiger partial charge < -0.3 is 10.2 Å². The molecule has 1 unspecified atom stereocenters. The number of nitrogens with one attached hydrogen (secondary N) is 1. The molecule has 1 aliphatic rings. The molecule has 32 heavy (non-hydrogen) atoms. The molecule has 1 fully saturated rings. The van der Waals surface area contributed by atoms with Crippen molar-refractivity contribution in [2.45, 2.75) is 39.5 Å². The van der Waals surface area contributed by atoms with Crippen LogP contribution in [-0.2, 0) is 4.79 Å². The Kier molecular flexibility index (Phi) is 6.35. The van der Waals surface area contributed by atoms with Crippen LogP contribution in [0, 0.1) is 12.8 Å². The molecule has 7 heteroatoms. The summed E-state index contributed by atoms with van der Waals surface area (Å²) in [6.07, 6.45) is 1.53. The molecule has 2 aromatic carbocycles. The van der Waals surface area contributed by atoms with Gasteiger partial charge >= 0.3 is 0 Å². The number of aryl methyl sites for hydroxylation is 1. The molecule has 1 aliphatic heterocycles. The first-order valence-corrected chi connectivity index (χ1v) is 11.1. The highest BCUT2D eigenvalue weighted by molar-refractivity contribution is 5.94. The second kappa shape index (κ2) is 9.34. The summed E-state index contributed by atoms with van der Waals surface area (Å²) < 4.78 is 1.74. The number of nitrogens with zero attached hydrogens (tertiary/aromatic N) is 4. The smallest absolute Gasteiger partial charge is 0.293 e. The van der Waals surface area contributed by atoms with Gasteiger partial charge in [0, 0.05) is 18.8 Å². The largest absolute Gasteiger partial charge is 0.335 e. The molecule has 3 aromatic rings. The monoisotopic (exact) mass is 431 g/mol. The molecule has 0 spiro atoms. The van der Waals surface area contributed by atoms with Crippen molar-refractivity contribution in [3.8, 4) is 5.69 Å². The van der Waals surface area contributed by atoms with Gasteiger partial charge in [0.15, 0.2) is 0 Å². The van der Waals surface area contributed by atoms with Gasteiger partial charge in [0.2, 0.25) is 11.7 Å². The highest BCUT2D eigenvalue weighted by Crippen LogP contribution is 2.24. The molecule has 1 N–H and O–H groups in total. The van der Waals surface area contributed by atoms with Crippen LogP contribution in [0.3, 0.4) is 0 Å². The number of hydrogen-bond acceptors (Lipinski definition) is 4. The van der Waals surface area contributed by atoms with Gasteiger partial charge in [-0.3, -0.25) is 9.59 Å². The maximum absolute atomic E-state index is 13.2. The number of anilines is 1. The molecule has 0 aliphatic carbocycles. The van der Waals surface area contributed by atoms with Crippen LogP contribution in [-0.4, -0.2) is 44.6 Å². The SMILES string of the molecule is Cc1nc(C(=O)N2CCCC(C(=O)Nc3ccccc3)C2)nn1-c1ccccc1C(C)C. The lowest BCUT2D eigenvalue weighted by Gasteiger charge is -2.31. The van der Waals surface area contributed by atoms with Crippen LogP contribution >= 0.6 is 0 Å².